The minimum atomic E-state index is 0. The molecule has 3 aliphatic rings. The maximum absolute atomic E-state index is 4.61. The summed E-state index contributed by atoms with van der Waals surface area (Å²) in [5.41, 5.74) is 4.99. The van der Waals surface area contributed by atoms with Crippen LogP contribution in [0.25, 0.3) is 0 Å². The van der Waals surface area contributed by atoms with Crippen molar-refractivity contribution < 1.29 is 0 Å². The number of amidine groups is 2. The van der Waals surface area contributed by atoms with Gasteiger partial charge in [-0.15, -0.1) is 12.4 Å². The zero-order chi connectivity index (χ0) is 20.9. The van der Waals surface area contributed by atoms with E-state index in [0.29, 0.717) is 0 Å². The zero-order valence-electron chi connectivity index (χ0n) is 18.6. The van der Waals surface area contributed by atoms with Crippen LogP contribution in [-0.4, -0.2) is 64.0 Å². The molecule has 1 fully saturated rings. The van der Waals surface area contributed by atoms with Gasteiger partial charge in [0.05, 0.1) is 0 Å². The van der Waals surface area contributed by atoms with Gasteiger partial charge >= 0.3 is 0 Å². The summed E-state index contributed by atoms with van der Waals surface area (Å²) in [6, 6.07) is 17.8. The first-order chi connectivity index (χ1) is 15.4. The quantitative estimate of drug-likeness (QED) is 0.747. The van der Waals surface area contributed by atoms with Crippen LogP contribution >= 0.6 is 12.4 Å². The van der Waals surface area contributed by atoms with Crippen molar-refractivity contribution in [3.63, 3.8) is 0 Å². The lowest BCUT2D eigenvalue weighted by Gasteiger charge is -2.25. The summed E-state index contributed by atoms with van der Waals surface area (Å²) in [6.45, 7) is 8.16. The molecule has 0 spiro atoms. The summed E-state index contributed by atoms with van der Waals surface area (Å²) in [5, 5.41) is 6.82. The number of halogens is 1. The predicted octanol–water partition coefficient (Wildman–Crippen LogP) is 3.30. The number of anilines is 2. The Morgan fingerprint density at radius 3 is 1.38 bits per heavy atom. The van der Waals surface area contributed by atoms with Gasteiger partial charge in [0.15, 0.2) is 0 Å². The molecule has 2 aromatic carbocycles. The Kier molecular flexibility index (Phi) is 7.53. The number of rotatable bonds is 4. The van der Waals surface area contributed by atoms with Gasteiger partial charge in [-0.1, -0.05) is 0 Å². The van der Waals surface area contributed by atoms with Crippen molar-refractivity contribution in [3.8, 4) is 0 Å². The first kappa shape index (κ1) is 22.5. The van der Waals surface area contributed by atoms with Gasteiger partial charge in [-0.05, 0) is 67.8 Å². The van der Waals surface area contributed by atoms with Crippen LogP contribution in [0, 0.1) is 0 Å². The first-order valence-electron chi connectivity index (χ1n) is 11.6. The zero-order valence-corrected chi connectivity index (χ0v) is 19.4. The fourth-order valence-electron chi connectivity index (χ4n) is 4.55. The van der Waals surface area contributed by atoms with E-state index in [2.05, 4.69) is 78.9 Å². The second-order valence-electron chi connectivity index (χ2n) is 8.44. The minimum absolute atomic E-state index is 0. The number of hydrogen-bond acceptors (Lipinski definition) is 6. The SMILES string of the molecule is Cl.c1cc(N2CCCN(c3ccc(C4=NCCCN4)cc3)CC2)ccc1C1=NCCCN1. The van der Waals surface area contributed by atoms with E-state index in [1.807, 2.05) is 0 Å². The first-order valence-corrected chi connectivity index (χ1v) is 11.6. The molecule has 170 valence electrons. The molecule has 3 aliphatic heterocycles. The Balaban J connectivity index is 0.00000245. The smallest absolute Gasteiger partial charge is 0.128 e. The molecule has 0 aliphatic carbocycles. The Labute approximate surface area is 197 Å². The molecule has 6 nitrogen and oxygen atoms in total. The van der Waals surface area contributed by atoms with E-state index in [-0.39, 0.29) is 12.4 Å². The lowest BCUT2D eigenvalue weighted by Crippen LogP contribution is -2.31. The van der Waals surface area contributed by atoms with Gasteiger partial charge in [-0.2, -0.15) is 0 Å². The van der Waals surface area contributed by atoms with E-state index >= 15 is 0 Å². The molecule has 1 saturated heterocycles. The van der Waals surface area contributed by atoms with Crippen molar-refractivity contribution in [2.45, 2.75) is 19.3 Å². The highest BCUT2D eigenvalue weighted by Crippen LogP contribution is 2.22. The number of aliphatic imine (C=N–C) groups is 2. The number of benzene rings is 2. The van der Waals surface area contributed by atoms with Gasteiger partial charge in [0.2, 0.25) is 0 Å². The third-order valence-electron chi connectivity index (χ3n) is 6.30. The summed E-state index contributed by atoms with van der Waals surface area (Å²) in [6.07, 6.45) is 3.41. The molecule has 0 atom stereocenters. The summed E-state index contributed by atoms with van der Waals surface area (Å²) in [4.78, 5) is 14.2. The van der Waals surface area contributed by atoms with Crippen LogP contribution in [0.5, 0.6) is 0 Å². The molecule has 2 N–H and O–H groups in total. The number of nitrogens with one attached hydrogen (secondary N) is 2. The molecule has 0 saturated carbocycles. The average Bonchev–Trinajstić information content (AvgIpc) is 3.12. The summed E-state index contributed by atoms with van der Waals surface area (Å²) >= 11 is 0. The van der Waals surface area contributed by atoms with E-state index in [9.17, 15) is 0 Å². The van der Waals surface area contributed by atoms with Crippen LogP contribution in [-0.2, 0) is 0 Å². The van der Waals surface area contributed by atoms with Crippen LogP contribution in [0.1, 0.15) is 30.4 Å². The molecular weight excluding hydrogens is 420 g/mol. The van der Waals surface area contributed by atoms with Crippen LogP contribution in [0.15, 0.2) is 58.5 Å². The highest BCUT2D eigenvalue weighted by molar-refractivity contribution is 6.00. The Hall–Kier alpha value is -2.73. The largest absolute Gasteiger partial charge is 0.370 e. The second-order valence-corrected chi connectivity index (χ2v) is 8.44. The van der Waals surface area contributed by atoms with Crippen LogP contribution in [0.2, 0.25) is 0 Å². The molecule has 0 bridgehead atoms. The standard InChI is InChI=1S/C25H32N6.ClH/c1-12-26-24(27-13-1)20-4-8-22(9-5-20)30-16-3-17-31(19-18-30)23-10-6-21(7-11-23)25-28-14-2-15-29-25;/h4-11H,1-3,12-19H2,(H,26,27)(H,28,29);1H. The molecule has 3 heterocycles. The van der Waals surface area contributed by atoms with Crippen molar-refractivity contribution >= 4 is 35.5 Å². The molecule has 0 unspecified atom stereocenters. The highest BCUT2D eigenvalue weighted by Gasteiger charge is 2.17. The van der Waals surface area contributed by atoms with Crippen molar-refractivity contribution in [2.75, 3.05) is 62.2 Å². The summed E-state index contributed by atoms with van der Waals surface area (Å²) < 4.78 is 0. The van der Waals surface area contributed by atoms with Gasteiger partial charge in [0, 0.05) is 74.9 Å². The van der Waals surface area contributed by atoms with Gasteiger partial charge < -0.3 is 20.4 Å². The van der Waals surface area contributed by atoms with Gasteiger partial charge in [0.25, 0.3) is 0 Å². The average molecular weight is 453 g/mol. The molecule has 0 amide bonds. The fourth-order valence-corrected chi connectivity index (χ4v) is 4.55. The summed E-state index contributed by atoms with van der Waals surface area (Å²) in [5.74, 6) is 2.08. The van der Waals surface area contributed by atoms with Crippen molar-refractivity contribution in [2.24, 2.45) is 9.98 Å². The topological polar surface area (TPSA) is 55.3 Å². The van der Waals surface area contributed by atoms with Crippen LogP contribution in [0.4, 0.5) is 11.4 Å². The minimum Gasteiger partial charge on any atom is -0.370 e. The van der Waals surface area contributed by atoms with Crippen molar-refractivity contribution in [3.05, 3.63) is 59.7 Å². The van der Waals surface area contributed by atoms with E-state index < -0.39 is 0 Å². The van der Waals surface area contributed by atoms with E-state index in [4.69, 9.17) is 0 Å². The predicted molar refractivity (Wildman–Crippen MR) is 137 cm³/mol. The van der Waals surface area contributed by atoms with E-state index in [1.165, 1.54) is 22.5 Å². The number of nitrogens with zero attached hydrogens (tertiary/aromatic N) is 4. The van der Waals surface area contributed by atoms with Crippen molar-refractivity contribution in [1.82, 2.24) is 10.6 Å². The molecular formula is C25H33ClN6. The van der Waals surface area contributed by atoms with Crippen molar-refractivity contribution in [1.29, 1.82) is 0 Å². The lowest BCUT2D eigenvalue weighted by molar-refractivity contribution is 0.742. The molecule has 2 aromatic rings. The summed E-state index contributed by atoms with van der Waals surface area (Å²) in [7, 11) is 0. The van der Waals surface area contributed by atoms with Crippen LogP contribution in [0.3, 0.4) is 0 Å². The molecule has 32 heavy (non-hydrogen) atoms. The Bertz CT molecular complexity index is 860. The molecule has 7 heteroatoms. The molecule has 0 aromatic heterocycles. The molecule has 5 rings (SSSR count). The third kappa shape index (κ3) is 5.18. The lowest BCUT2D eigenvalue weighted by atomic mass is 10.1. The van der Waals surface area contributed by atoms with Crippen LogP contribution < -0.4 is 20.4 Å². The van der Waals surface area contributed by atoms with Gasteiger partial charge in [-0.3, -0.25) is 9.98 Å². The second kappa shape index (κ2) is 10.7. The maximum Gasteiger partial charge on any atom is 0.128 e. The Morgan fingerprint density at radius 1 is 0.562 bits per heavy atom. The fraction of sp³-hybridized carbons (Fsp3) is 0.440. The monoisotopic (exact) mass is 452 g/mol. The van der Waals surface area contributed by atoms with Gasteiger partial charge in [0.1, 0.15) is 11.7 Å². The molecule has 0 radical (unpaired) electrons. The van der Waals surface area contributed by atoms with E-state index in [0.717, 1.165) is 83.3 Å². The Morgan fingerprint density at radius 2 is 1.00 bits per heavy atom. The normalized spacial score (nSPS) is 19.0. The van der Waals surface area contributed by atoms with E-state index in [1.54, 1.807) is 0 Å². The number of hydrogen-bond donors (Lipinski definition) is 2. The maximum atomic E-state index is 4.61. The third-order valence-corrected chi connectivity index (χ3v) is 6.30. The van der Waals surface area contributed by atoms with Gasteiger partial charge in [-0.25, -0.2) is 0 Å². The highest BCUT2D eigenvalue weighted by atomic mass is 35.5.